The largest absolute Gasteiger partial charge is 0.354 e. The van der Waals surface area contributed by atoms with Crippen molar-refractivity contribution < 1.29 is 13.2 Å². The summed E-state index contributed by atoms with van der Waals surface area (Å²) in [7, 11) is -3.55. The second-order valence-corrected chi connectivity index (χ2v) is 8.82. The highest BCUT2D eigenvalue weighted by Crippen LogP contribution is 2.27. The predicted octanol–water partition coefficient (Wildman–Crippen LogP) is 3.33. The van der Waals surface area contributed by atoms with Crippen LogP contribution in [0.2, 0.25) is 0 Å². The van der Waals surface area contributed by atoms with E-state index < -0.39 is 10.0 Å². The van der Waals surface area contributed by atoms with Crippen molar-refractivity contribution in [1.29, 1.82) is 0 Å². The third-order valence-corrected chi connectivity index (χ3v) is 5.90. The van der Waals surface area contributed by atoms with Crippen LogP contribution in [-0.4, -0.2) is 33.7 Å². The highest BCUT2D eigenvalue weighted by molar-refractivity contribution is 7.92. The summed E-state index contributed by atoms with van der Waals surface area (Å²) in [6.45, 7) is 4.23. The quantitative estimate of drug-likeness (QED) is 0.706. The number of allylic oxidation sites excluding steroid dienone is 1. The lowest BCUT2D eigenvalue weighted by atomic mass is 9.97. The molecule has 0 aromatic heterocycles. The number of amides is 1. The third-order valence-electron chi connectivity index (χ3n) is 4.79. The lowest BCUT2D eigenvalue weighted by molar-refractivity contribution is -0.119. The smallest absolute Gasteiger partial charge is 0.240 e. The van der Waals surface area contributed by atoms with Gasteiger partial charge in [0.25, 0.3) is 0 Å². The SMILES string of the molecule is CCc1cccc(C)c1N(CC(=O)NCCC1=CCCCC1)S(C)(=O)=O. The Bertz CT molecular complexity index is 769. The molecule has 1 N–H and O–H groups in total. The summed E-state index contributed by atoms with van der Waals surface area (Å²) in [5.74, 6) is -0.267. The van der Waals surface area contributed by atoms with E-state index in [9.17, 15) is 13.2 Å². The van der Waals surface area contributed by atoms with Gasteiger partial charge in [-0.15, -0.1) is 0 Å². The molecule has 6 heteroatoms. The molecule has 1 aliphatic rings. The highest BCUT2D eigenvalue weighted by atomic mass is 32.2. The predicted molar refractivity (Wildman–Crippen MR) is 107 cm³/mol. The van der Waals surface area contributed by atoms with Gasteiger partial charge in [-0.1, -0.05) is 36.8 Å². The van der Waals surface area contributed by atoms with Crippen LogP contribution in [0.1, 0.15) is 50.2 Å². The summed E-state index contributed by atoms with van der Waals surface area (Å²) < 4.78 is 25.9. The van der Waals surface area contributed by atoms with Gasteiger partial charge in [-0.2, -0.15) is 0 Å². The van der Waals surface area contributed by atoms with E-state index in [0.717, 1.165) is 36.6 Å². The van der Waals surface area contributed by atoms with Crippen molar-refractivity contribution >= 4 is 21.6 Å². The number of carbonyl (C=O) groups excluding carboxylic acids is 1. The molecule has 0 fully saturated rings. The van der Waals surface area contributed by atoms with E-state index in [-0.39, 0.29) is 12.5 Å². The maximum atomic E-state index is 12.4. The van der Waals surface area contributed by atoms with E-state index in [1.165, 1.54) is 22.7 Å². The van der Waals surface area contributed by atoms with Crippen LogP contribution < -0.4 is 9.62 Å². The van der Waals surface area contributed by atoms with Crippen LogP contribution in [0.25, 0.3) is 0 Å². The molecule has 0 unspecified atom stereocenters. The number of nitrogens with one attached hydrogen (secondary N) is 1. The van der Waals surface area contributed by atoms with Crippen molar-refractivity contribution in [2.75, 3.05) is 23.7 Å². The molecule has 5 nitrogen and oxygen atoms in total. The summed E-state index contributed by atoms with van der Waals surface area (Å²) in [4.78, 5) is 12.4. The molecule has 1 aromatic rings. The van der Waals surface area contributed by atoms with Gasteiger partial charge < -0.3 is 5.32 Å². The Morgan fingerprint density at radius 1 is 1.27 bits per heavy atom. The van der Waals surface area contributed by atoms with Crippen molar-refractivity contribution in [3.05, 3.63) is 41.0 Å². The summed E-state index contributed by atoms with van der Waals surface area (Å²) in [5, 5.41) is 2.87. The number of carbonyl (C=O) groups is 1. The highest BCUT2D eigenvalue weighted by Gasteiger charge is 2.24. The molecule has 0 radical (unpaired) electrons. The molecule has 0 heterocycles. The second-order valence-electron chi connectivity index (χ2n) is 6.91. The van der Waals surface area contributed by atoms with Crippen LogP contribution in [-0.2, 0) is 21.2 Å². The summed E-state index contributed by atoms with van der Waals surface area (Å²) >= 11 is 0. The number of para-hydroxylation sites is 1. The lowest BCUT2D eigenvalue weighted by Gasteiger charge is -2.26. The Morgan fingerprint density at radius 3 is 2.65 bits per heavy atom. The van der Waals surface area contributed by atoms with Gasteiger partial charge in [0.05, 0.1) is 11.9 Å². The molecule has 0 atom stereocenters. The van der Waals surface area contributed by atoms with E-state index >= 15 is 0 Å². The number of hydrogen-bond acceptors (Lipinski definition) is 3. The molecule has 2 rings (SSSR count). The summed E-state index contributed by atoms with van der Waals surface area (Å²) in [6, 6.07) is 5.70. The Balaban J connectivity index is 2.07. The summed E-state index contributed by atoms with van der Waals surface area (Å²) in [5.41, 5.74) is 3.80. The van der Waals surface area contributed by atoms with Crippen molar-refractivity contribution in [1.82, 2.24) is 5.32 Å². The van der Waals surface area contributed by atoms with Crippen LogP contribution in [0.4, 0.5) is 5.69 Å². The molecule has 0 spiro atoms. The molecule has 0 aliphatic heterocycles. The number of nitrogens with zero attached hydrogens (tertiary/aromatic N) is 1. The second kappa shape index (κ2) is 9.21. The molecule has 26 heavy (non-hydrogen) atoms. The molecule has 0 saturated heterocycles. The molecule has 0 bridgehead atoms. The molecule has 144 valence electrons. The van der Waals surface area contributed by atoms with Gasteiger partial charge in [0, 0.05) is 6.54 Å². The fourth-order valence-corrected chi connectivity index (χ4v) is 4.35. The third kappa shape index (κ3) is 5.59. The van der Waals surface area contributed by atoms with Crippen molar-refractivity contribution in [2.45, 2.75) is 52.4 Å². The standard InChI is InChI=1S/C20H30N2O3S/c1-4-18-12-8-9-16(2)20(18)22(26(3,24)25)15-19(23)21-14-13-17-10-6-5-7-11-17/h8-10,12H,4-7,11,13-15H2,1-3H3,(H,21,23). The number of benzene rings is 1. The number of anilines is 1. The first-order valence-corrected chi connectivity index (χ1v) is 11.2. The molecular weight excluding hydrogens is 348 g/mol. The maximum Gasteiger partial charge on any atom is 0.240 e. The number of rotatable bonds is 8. The van der Waals surface area contributed by atoms with Gasteiger partial charge >= 0.3 is 0 Å². The Hall–Kier alpha value is -1.82. The monoisotopic (exact) mass is 378 g/mol. The van der Waals surface area contributed by atoms with Gasteiger partial charge in [0.15, 0.2) is 0 Å². The number of sulfonamides is 1. The molecule has 1 aromatic carbocycles. The normalized spacial score (nSPS) is 14.7. The van der Waals surface area contributed by atoms with E-state index in [2.05, 4.69) is 11.4 Å². The van der Waals surface area contributed by atoms with Gasteiger partial charge in [0.2, 0.25) is 15.9 Å². The number of hydrogen-bond donors (Lipinski definition) is 1. The van der Waals surface area contributed by atoms with E-state index in [0.29, 0.717) is 18.7 Å². The molecule has 1 aliphatic carbocycles. The van der Waals surface area contributed by atoms with Gasteiger partial charge in [-0.3, -0.25) is 9.10 Å². The van der Waals surface area contributed by atoms with E-state index in [1.807, 2.05) is 32.0 Å². The summed E-state index contributed by atoms with van der Waals surface area (Å²) in [6.07, 6.45) is 9.66. The fraction of sp³-hybridized carbons (Fsp3) is 0.550. The minimum Gasteiger partial charge on any atom is -0.354 e. The topological polar surface area (TPSA) is 66.5 Å². The first-order valence-electron chi connectivity index (χ1n) is 9.33. The van der Waals surface area contributed by atoms with Crippen LogP contribution in [0, 0.1) is 6.92 Å². The van der Waals surface area contributed by atoms with Gasteiger partial charge in [0.1, 0.15) is 6.54 Å². The van der Waals surface area contributed by atoms with Crippen LogP contribution in [0.3, 0.4) is 0 Å². The molecular formula is C20H30N2O3S. The van der Waals surface area contributed by atoms with Crippen molar-refractivity contribution in [3.8, 4) is 0 Å². The minimum absolute atomic E-state index is 0.185. The van der Waals surface area contributed by atoms with Crippen LogP contribution in [0.5, 0.6) is 0 Å². The first-order chi connectivity index (χ1) is 12.3. The first kappa shape index (κ1) is 20.5. The fourth-order valence-electron chi connectivity index (χ4n) is 3.40. The molecule has 1 amide bonds. The van der Waals surface area contributed by atoms with Gasteiger partial charge in [-0.25, -0.2) is 8.42 Å². The Kier molecular flexibility index (Phi) is 7.26. The van der Waals surface area contributed by atoms with Gasteiger partial charge in [-0.05, 0) is 56.6 Å². The Labute approximate surface area is 157 Å². The van der Waals surface area contributed by atoms with Crippen LogP contribution in [0.15, 0.2) is 29.8 Å². The lowest BCUT2D eigenvalue weighted by Crippen LogP contribution is -2.41. The average Bonchev–Trinajstić information content (AvgIpc) is 2.60. The average molecular weight is 379 g/mol. The van der Waals surface area contributed by atoms with E-state index in [4.69, 9.17) is 0 Å². The maximum absolute atomic E-state index is 12.4. The van der Waals surface area contributed by atoms with Crippen molar-refractivity contribution in [2.24, 2.45) is 0 Å². The molecule has 0 saturated carbocycles. The zero-order valence-corrected chi connectivity index (χ0v) is 16.9. The minimum atomic E-state index is -3.55. The number of aryl methyl sites for hydroxylation is 2. The van der Waals surface area contributed by atoms with Crippen molar-refractivity contribution in [3.63, 3.8) is 0 Å². The zero-order valence-electron chi connectivity index (χ0n) is 16.0. The van der Waals surface area contributed by atoms with Crippen LogP contribution >= 0.6 is 0 Å². The van der Waals surface area contributed by atoms with E-state index in [1.54, 1.807) is 0 Å². The Morgan fingerprint density at radius 2 is 2.04 bits per heavy atom. The zero-order chi connectivity index (χ0) is 19.2.